The number of hydrogen-bond acceptors (Lipinski definition) is 5. The molecule has 100 valence electrons. The lowest BCUT2D eigenvalue weighted by atomic mass is 10.3. The van der Waals surface area contributed by atoms with Gasteiger partial charge in [-0.2, -0.15) is 0 Å². The standard InChI is InChI=1S/C13H15N3O3/c1-9-4-6-11(19-9)10-5-7-12(16-15-10)14-8-2-3-13(17)18/h4-7H,2-3,8H2,1H3,(H,14,16)(H,17,18). The van der Waals surface area contributed by atoms with Crippen LogP contribution in [-0.4, -0.2) is 27.8 Å². The summed E-state index contributed by atoms with van der Waals surface area (Å²) in [4.78, 5) is 10.3. The molecule has 0 aliphatic rings. The number of carbonyl (C=O) groups is 1. The van der Waals surface area contributed by atoms with Gasteiger partial charge in [-0.1, -0.05) is 0 Å². The highest BCUT2D eigenvalue weighted by atomic mass is 16.4. The third-order valence-corrected chi connectivity index (χ3v) is 2.53. The van der Waals surface area contributed by atoms with Crippen LogP contribution in [0.3, 0.4) is 0 Å². The van der Waals surface area contributed by atoms with E-state index >= 15 is 0 Å². The zero-order chi connectivity index (χ0) is 13.7. The van der Waals surface area contributed by atoms with Gasteiger partial charge < -0.3 is 14.8 Å². The molecule has 0 saturated carbocycles. The zero-order valence-corrected chi connectivity index (χ0v) is 10.6. The monoisotopic (exact) mass is 261 g/mol. The molecule has 2 aromatic rings. The highest BCUT2D eigenvalue weighted by molar-refractivity contribution is 5.66. The number of hydrogen-bond donors (Lipinski definition) is 2. The molecule has 0 fully saturated rings. The minimum Gasteiger partial charge on any atom is -0.481 e. The predicted molar refractivity (Wildman–Crippen MR) is 69.8 cm³/mol. The summed E-state index contributed by atoms with van der Waals surface area (Å²) in [5.41, 5.74) is 0.671. The molecule has 0 radical (unpaired) electrons. The molecule has 6 nitrogen and oxygen atoms in total. The molecule has 2 rings (SSSR count). The van der Waals surface area contributed by atoms with E-state index < -0.39 is 5.97 Å². The second-order valence-corrected chi connectivity index (χ2v) is 4.14. The molecule has 0 unspecified atom stereocenters. The van der Waals surface area contributed by atoms with Gasteiger partial charge in [-0.25, -0.2) is 0 Å². The number of anilines is 1. The van der Waals surface area contributed by atoms with Crippen LogP contribution in [0.5, 0.6) is 0 Å². The van der Waals surface area contributed by atoms with Crippen LogP contribution >= 0.6 is 0 Å². The van der Waals surface area contributed by atoms with Crippen LogP contribution in [0.1, 0.15) is 18.6 Å². The van der Waals surface area contributed by atoms with Crippen molar-refractivity contribution < 1.29 is 14.3 Å². The van der Waals surface area contributed by atoms with Crippen molar-refractivity contribution in [2.75, 3.05) is 11.9 Å². The van der Waals surface area contributed by atoms with Gasteiger partial charge in [-0.05, 0) is 37.6 Å². The maximum Gasteiger partial charge on any atom is 0.303 e. The number of furan rings is 1. The largest absolute Gasteiger partial charge is 0.481 e. The Labute approximate surface area is 110 Å². The van der Waals surface area contributed by atoms with Crippen molar-refractivity contribution in [1.82, 2.24) is 10.2 Å². The smallest absolute Gasteiger partial charge is 0.303 e. The lowest BCUT2D eigenvalue weighted by Crippen LogP contribution is -2.06. The lowest BCUT2D eigenvalue weighted by Gasteiger charge is -2.03. The molecule has 0 amide bonds. The zero-order valence-electron chi connectivity index (χ0n) is 10.6. The maximum absolute atomic E-state index is 10.3. The van der Waals surface area contributed by atoms with E-state index in [2.05, 4.69) is 15.5 Å². The van der Waals surface area contributed by atoms with E-state index in [0.717, 1.165) is 5.76 Å². The number of carboxylic acid groups (broad SMARTS) is 1. The van der Waals surface area contributed by atoms with Gasteiger partial charge in [-0.3, -0.25) is 4.79 Å². The fourth-order valence-electron chi connectivity index (χ4n) is 1.59. The first-order chi connectivity index (χ1) is 9.15. The average Bonchev–Trinajstić information content (AvgIpc) is 2.82. The SMILES string of the molecule is Cc1ccc(-c2ccc(NCCCC(=O)O)nn2)o1. The van der Waals surface area contributed by atoms with Crippen LogP contribution < -0.4 is 5.32 Å². The van der Waals surface area contributed by atoms with E-state index in [-0.39, 0.29) is 6.42 Å². The molecule has 0 aliphatic heterocycles. The number of nitrogens with zero attached hydrogens (tertiary/aromatic N) is 2. The Kier molecular flexibility index (Phi) is 4.12. The first kappa shape index (κ1) is 13.1. The Balaban J connectivity index is 1.90. The van der Waals surface area contributed by atoms with Crippen molar-refractivity contribution in [3.05, 3.63) is 30.0 Å². The fraction of sp³-hybridized carbons (Fsp3) is 0.308. The second kappa shape index (κ2) is 5.99. The molecule has 0 spiro atoms. The van der Waals surface area contributed by atoms with E-state index in [1.54, 1.807) is 6.07 Å². The molecule has 0 bridgehead atoms. The van der Waals surface area contributed by atoms with Crippen molar-refractivity contribution in [2.24, 2.45) is 0 Å². The van der Waals surface area contributed by atoms with Crippen LogP contribution in [0, 0.1) is 6.92 Å². The van der Waals surface area contributed by atoms with Crippen molar-refractivity contribution in [3.63, 3.8) is 0 Å². The van der Waals surface area contributed by atoms with Gasteiger partial charge in [0.25, 0.3) is 0 Å². The molecule has 2 N–H and O–H groups in total. The predicted octanol–water partition coefficient (Wildman–Crippen LogP) is 2.32. The molecule has 0 saturated heterocycles. The summed E-state index contributed by atoms with van der Waals surface area (Å²) in [5, 5.41) is 19.6. The fourth-order valence-corrected chi connectivity index (χ4v) is 1.59. The summed E-state index contributed by atoms with van der Waals surface area (Å²) in [7, 11) is 0. The van der Waals surface area contributed by atoms with Gasteiger partial charge in [0.2, 0.25) is 0 Å². The van der Waals surface area contributed by atoms with Gasteiger partial charge in [0, 0.05) is 13.0 Å². The van der Waals surface area contributed by atoms with Crippen LogP contribution in [-0.2, 0) is 4.79 Å². The minimum atomic E-state index is -0.795. The Morgan fingerprint density at radius 3 is 2.74 bits per heavy atom. The quantitative estimate of drug-likeness (QED) is 0.776. The summed E-state index contributed by atoms with van der Waals surface area (Å²) < 4.78 is 5.45. The molecular formula is C13H15N3O3. The second-order valence-electron chi connectivity index (χ2n) is 4.14. The lowest BCUT2D eigenvalue weighted by molar-refractivity contribution is -0.137. The summed E-state index contributed by atoms with van der Waals surface area (Å²) in [6, 6.07) is 7.32. The van der Waals surface area contributed by atoms with Gasteiger partial charge in [0.1, 0.15) is 17.3 Å². The van der Waals surface area contributed by atoms with E-state index in [4.69, 9.17) is 9.52 Å². The van der Waals surface area contributed by atoms with Crippen LogP contribution in [0.2, 0.25) is 0 Å². The van der Waals surface area contributed by atoms with E-state index in [1.165, 1.54) is 0 Å². The molecule has 6 heteroatoms. The van der Waals surface area contributed by atoms with Gasteiger partial charge in [-0.15, -0.1) is 10.2 Å². The van der Waals surface area contributed by atoms with Crippen LogP contribution in [0.4, 0.5) is 5.82 Å². The van der Waals surface area contributed by atoms with E-state index in [0.29, 0.717) is 30.2 Å². The molecular weight excluding hydrogens is 246 g/mol. The Hall–Kier alpha value is -2.37. The number of aryl methyl sites for hydroxylation is 1. The molecule has 0 aromatic carbocycles. The Morgan fingerprint density at radius 1 is 1.32 bits per heavy atom. The van der Waals surface area contributed by atoms with Crippen molar-refractivity contribution in [1.29, 1.82) is 0 Å². The van der Waals surface area contributed by atoms with Crippen molar-refractivity contribution in [3.8, 4) is 11.5 Å². The number of carboxylic acids is 1. The van der Waals surface area contributed by atoms with Crippen LogP contribution in [0.15, 0.2) is 28.7 Å². The van der Waals surface area contributed by atoms with Gasteiger partial charge >= 0.3 is 5.97 Å². The Bertz CT molecular complexity index is 549. The third-order valence-electron chi connectivity index (χ3n) is 2.53. The number of rotatable bonds is 6. The number of aromatic nitrogens is 2. The summed E-state index contributed by atoms with van der Waals surface area (Å²) >= 11 is 0. The van der Waals surface area contributed by atoms with E-state index in [9.17, 15) is 4.79 Å². The minimum absolute atomic E-state index is 0.143. The maximum atomic E-state index is 10.3. The number of aliphatic carboxylic acids is 1. The van der Waals surface area contributed by atoms with Crippen LogP contribution in [0.25, 0.3) is 11.5 Å². The summed E-state index contributed by atoms with van der Waals surface area (Å²) in [5.74, 6) is 1.34. The first-order valence-electron chi connectivity index (χ1n) is 6.01. The molecule has 0 atom stereocenters. The summed E-state index contributed by atoms with van der Waals surface area (Å²) in [6.07, 6.45) is 0.695. The highest BCUT2D eigenvalue weighted by Gasteiger charge is 2.05. The van der Waals surface area contributed by atoms with Crippen molar-refractivity contribution in [2.45, 2.75) is 19.8 Å². The van der Waals surface area contributed by atoms with Crippen molar-refractivity contribution >= 4 is 11.8 Å². The molecule has 2 aromatic heterocycles. The molecule has 0 aliphatic carbocycles. The molecule has 2 heterocycles. The van der Waals surface area contributed by atoms with Gasteiger partial charge in [0.15, 0.2) is 5.76 Å². The molecule has 19 heavy (non-hydrogen) atoms. The topological polar surface area (TPSA) is 88.2 Å². The summed E-state index contributed by atoms with van der Waals surface area (Å²) in [6.45, 7) is 2.43. The van der Waals surface area contributed by atoms with E-state index in [1.807, 2.05) is 25.1 Å². The average molecular weight is 261 g/mol. The van der Waals surface area contributed by atoms with Gasteiger partial charge in [0.05, 0.1) is 0 Å². The first-order valence-corrected chi connectivity index (χ1v) is 6.01. The third kappa shape index (κ3) is 3.80. The number of nitrogens with one attached hydrogen (secondary N) is 1. The normalized spacial score (nSPS) is 10.4. The Morgan fingerprint density at radius 2 is 2.16 bits per heavy atom. The highest BCUT2D eigenvalue weighted by Crippen LogP contribution is 2.19.